The summed E-state index contributed by atoms with van der Waals surface area (Å²) in [5.41, 5.74) is 1.71. The van der Waals surface area contributed by atoms with Gasteiger partial charge in [0.2, 0.25) is 5.95 Å². The Bertz CT molecular complexity index is 759. The highest BCUT2D eigenvalue weighted by molar-refractivity contribution is 6.30. The van der Waals surface area contributed by atoms with Crippen LogP contribution in [0.1, 0.15) is 11.5 Å². The van der Waals surface area contributed by atoms with Gasteiger partial charge in [0.05, 0.1) is 12.8 Å². The fourth-order valence-corrected chi connectivity index (χ4v) is 2.19. The van der Waals surface area contributed by atoms with Crippen molar-refractivity contribution >= 4 is 29.1 Å². The van der Waals surface area contributed by atoms with Gasteiger partial charge in [-0.3, -0.25) is 0 Å². The topological polar surface area (TPSA) is 63.0 Å². The largest absolute Gasteiger partial charge is 0.467 e. The Morgan fingerprint density at radius 3 is 2.82 bits per heavy atom. The van der Waals surface area contributed by atoms with E-state index in [4.69, 9.17) is 16.0 Å². The molecule has 3 rings (SSSR count). The zero-order chi connectivity index (χ0) is 15.4. The molecule has 0 bridgehead atoms. The smallest absolute Gasteiger partial charge is 0.229 e. The molecule has 0 atom stereocenters. The lowest BCUT2D eigenvalue weighted by atomic mass is 10.3. The molecule has 0 aliphatic carbocycles. The monoisotopic (exact) mass is 314 g/mol. The van der Waals surface area contributed by atoms with Crippen molar-refractivity contribution < 1.29 is 4.42 Å². The first-order valence-electron chi connectivity index (χ1n) is 6.83. The number of halogens is 1. The van der Waals surface area contributed by atoms with Crippen LogP contribution in [0.4, 0.5) is 17.5 Å². The van der Waals surface area contributed by atoms with Crippen LogP contribution in [0.5, 0.6) is 0 Å². The van der Waals surface area contributed by atoms with Crippen LogP contribution in [-0.4, -0.2) is 9.97 Å². The predicted molar refractivity (Wildman–Crippen MR) is 87.5 cm³/mol. The van der Waals surface area contributed by atoms with E-state index in [9.17, 15) is 0 Å². The van der Waals surface area contributed by atoms with Gasteiger partial charge in [-0.15, -0.1) is 0 Å². The number of nitrogens with one attached hydrogen (secondary N) is 2. The first-order chi connectivity index (χ1) is 10.7. The van der Waals surface area contributed by atoms with Crippen LogP contribution in [0, 0.1) is 6.92 Å². The number of aromatic nitrogens is 2. The predicted octanol–water partition coefficient (Wildman–Crippen LogP) is 4.39. The molecule has 0 saturated carbocycles. The van der Waals surface area contributed by atoms with Gasteiger partial charge in [0.1, 0.15) is 11.6 Å². The zero-order valence-electron chi connectivity index (χ0n) is 12.0. The van der Waals surface area contributed by atoms with Crippen molar-refractivity contribution in [2.45, 2.75) is 13.5 Å². The Morgan fingerprint density at radius 2 is 2.05 bits per heavy atom. The lowest BCUT2D eigenvalue weighted by molar-refractivity contribution is 0.518. The molecular weight excluding hydrogens is 300 g/mol. The maximum absolute atomic E-state index is 5.98. The van der Waals surface area contributed by atoms with E-state index in [1.807, 2.05) is 49.4 Å². The molecular formula is C16H15ClN4O. The van der Waals surface area contributed by atoms with Gasteiger partial charge in [-0.2, -0.15) is 4.98 Å². The fraction of sp³-hybridized carbons (Fsp3) is 0.125. The third kappa shape index (κ3) is 3.77. The van der Waals surface area contributed by atoms with Crippen molar-refractivity contribution in [3.8, 4) is 0 Å². The first-order valence-corrected chi connectivity index (χ1v) is 7.21. The molecule has 2 aromatic heterocycles. The average molecular weight is 315 g/mol. The summed E-state index contributed by atoms with van der Waals surface area (Å²) in [6, 6.07) is 13.1. The molecule has 3 aromatic rings. The Labute approximate surface area is 133 Å². The van der Waals surface area contributed by atoms with E-state index < -0.39 is 0 Å². The molecule has 5 nitrogen and oxygen atoms in total. The van der Waals surface area contributed by atoms with Gasteiger partial charge >= 0.3 is 0 Å². The van der Waals surface area contributed by atoms with Gasteiger partial charge in [-0.05, 0) is 37.3 Å². The van der Waals surface area contributed by atoms with Gasteiger partial charge in [0.25, 0.3) is 0 Å². The molecule has 0 fully saturated rings. The third-order valence-electron chi connectivity index (χ3n) is 2.96. The Kier molecular flexibility index (Phi) is 4.25. The SMILES string of the molecule is Cc1cc(NCc2ccco2)nc(Nc2cccc(Cl)c2)n1. The van der Waals surface area contributed by atoms with Crippen LogP contribution >= 0.6 is 11.6 Å². The number of hydrogen-bond acceptors (Lipinski definition) is 5. The first kappa shape index (κ1) is 14.4. The summed E-state index contributed by atoms with van der Waals surface area (Å²) in [5.74, 6) is 2.10. The van der Waals surface area contributed by atoms with E-state index in [0.717, 1.165) is 23.0 Å². The molecule has 0 radical (unpaired) electrons. The van der Waals surface area contributed by atoms with Crippen molar-refractivity contribution in [1.82, 2.24) is 9.97 Å². The number of anilines is 3. The molecule has 1 aromatic carbocycles. The maximum Gasteiger partial charge on any atom is 0.229 e. The maximum atomic E-state index is 5.98. The summed E-state index contributed by atoms with van der Waals surface area (Å²) < 4.78 is 5.29. The normalized spacial score (nSPS) is 10.5. The average Bonchev–Trinajstić information content (AvgIpc) is 2.98. The highest BCUT2D eigenvalue weighted by atomic mass is 35.5. The van der Waals surface area contributed by atoms with Crippen molar-refractivity contribution in [2.75, 3.05) is 10.6 Å². The van der Waals surface area contributed by atoms with E-state index in [0.29, 0.717) is 17.5 Å². The summed E-state index contributed by atoms with van der Waals surface area (Å²) in [4.78, 5) is 8.81. The van der Waals surface area contributed by atoms with Gasteiger partial charge in [-0.25, -0.2) is 4.98 Å². The molecule has 0 unspecified atom stereocenters. The second-order valence-corrected chi connectivity index (χ2v) is 5.22. The molecule has 112 valence electrons. The molecule has 22 heavy (non-hydrogen) atoms. The minimum atomic E-state index is 0.518. The summed E-state index contributed by atoms with van der Waals surface area (Å²) >= 11 is 5.98. The van der Waals surface area contributed by atoms with Crippen molar-refractivity contribution in [2.24, 2.45) is 0 Å². The minimum Gasteiger partial charge on any atom is -0.467 e. The molecule has 0 aliphatic rings. The van der Waals surface area contributed by atoms with Gasteiger partial charge in [0, 0.05) is 22.5 Å². The molecule has 0 aliphatic heterocycles. The van der Waals surface area contributed by atoms with Crippen molar-refractivity contribution in [3.63, 3.8) is 0 Å². The van der Waals surface area contributed by atoms with Crippen LogP contribution in [0.25, 0.3) is 0 Å². The Hall–Kier alpha value is -2.53. The number of benzene rings is 1. The summed E-state index contributed by atoms with van der Waals surface area (Å²) in [6.07, 6.45) is 1.65. The number of hydrogen-bond donors (Lipinski definition) is 2. The molecule has 2 N–H and O–H groups in total. The molecule has 0 spiro atoms. The van der Waals surface area contributed by atoms with Crippen LogP contribution in [0.15, 0.2) is 53.1 Å². The quantitative estimate of drug-likeness (QED) is 0.731. The van der Waals surface area contributed by atoms with Crippen LogP contribution in [-0.2, 0) is 6.54 Å². The van der Waals surface area contributed by atoms with E-state index in [1.54, 1.807) is 6.26 Å². The van der Waals surface area contributed by atoms with Crippen LogP contribution in [0.2, 0.25) is 5.02 Å². The lowest BCUT2D eigenvalue weighted by Crippen LogP contribution is -2.05. The third-order valence-corrected chi connectivity index (χ3v) is 3.19. The van der Waals surface area contributed by atoms with Crippen molar-refractivity contribution in [1.29, 1.82) is 0 Å². The van der Waals surface area contributed by atoms with Gasteiger partial charge in [0.15, 0.2) is 0 Å². The van der Waals surface area contributed by atoms with Crippen molar-refractivity contribution in [3.05, 3.63) is 65.2 Å². The van der Waals surface area contributed by atoms with Gasteiger partial charge < -0.3 is 15.1 Å². The zero-order valence-corrected chi connectivity index (χ0v) is 12.8. The van der Waals surface area contributed by atoms with E-state index in [1.165, 1.54) is 0 Å². The molecule has 2 heterocycles. The van der Waals surface area contributed by atoms with Gasteiger partial charge in [-0.1, -0.05) is 17.7 Å². The number of furan rings is 1. The number of nitrogens with zero attached hydrogens (tertiary/aromatic N) is 2. The van der Waals surface area contributed by atoms with E-state index >= 15 is 0 Å². The van der Waals surface area contributed by atoms with E-state index in [2.05, 4.69) is 20.6 Å². The second-order valence-electron chi connectivity index (χ2n) is 4.79. The molecule has 0 saturated heterocycles. The van der Waals surface area contributed by atoms with Crippen LogP contribution < -0.4 is 10.6 Å². The Morgan fingerprint density at radius 1 is 1.14 bits per heavy atom. The highest BCUT2D eigenvalue weighted by Crippen LogP contribution is 2.19. The molecule has 0 amide bonds. The van der Waals surface area contributed by atoms with Crippen LogP contribution in [0.3, 0.4) is 0 Å². The summed E-state index contributed by atoms with van der Waals surface area (Å²) in [5, 5.41) is 7.02. The fourth-order valence-electron chi connectivity index (χ4n) is 2.00. The summed E-state index contributed by atoms with van der Waals surface area (Å²) in [7, 11) is 0. The Balaban J connectivity index is 1.74. The van der Waals surface area contributed by atoms with E-state index in [-0.39, 0.29) is 0 Å². The standard InChI is InChI=1S/C16H15ClN4O/c1-11-8-15(18-10-14-6-3-7-22-14)21-16(19-11)20-13-5-2-4-12(17)9-13/h2-9H,10H2,1H3,(H2,18,19,20,21). The second kappa shape index (κ2) is 6.49. The minimum absolute atomic E-state index is 0.518. The molecule has 6 heteroatoms. The summed E-state index contributed by atoms with van der Waals surface area (Å²) in [6.45, 7) is 2.49. The highest BCUT2D eigenvalue weighted by Gasteiger charge is 2.04. The number of rotatable bonds is 5. The number of aryl methyl sites for hydroxylation is 1. The lowest BCUT2D eigenvalue weighted by Gasteiger charge is -2.09.